The van der Waals surface area contributed by atoms with Crippen LogP contribution >= 0.6 is 23.1 Å². The normalized spacial score (nSPS) is 16.2. The molecule has 1 aliphatic rings. The van der Waals surface area contributed by atoms with Crippen LogP contribution in [-0.4, -0.2) is 56.9 Å². The fourth-order valence-electron chi connectivity index (χ4n) is 3.32. The summed E-state index contributed by atoms with van der Waals surface area (Å²) in [6.07, 6.45) is 6.33. The largest absolute Gasteiger partial charge is 0.341 e. The highest BCUT2D eigenvalue weighted by Gasteiger charge is 2.28. The lowest BCUT2D eigenvalue weighted by Crippen LogP contribution is -2.47. The number of aromatic nitrogens is 3. The third kappa shape index (κ3) is 5.42. The van der Waals surface area contributed by atoms with Crippen molar-refractivity contribution in [3.05, 3.63) is 28.7 Å². The minimum Gasteiger partial charge on any atom is -0.341 e. The number of hydrogen-bond acceptors (Lipinski definition) is 8. The van der Waals surface area contributed by atoms with Gasteiger partial charge in [0, 0.05) is 41.8 Å². The van der Waals surface area contributed by atoms with Gasteiger partial charge >= 0.3 is 0 Å². The third-order valence-corrected chi connectivity index (χ3v) is 6.32. The molecule has 0 aliphatic carbocycles. The lowest BCUT2D eigenvalue weighted by atomic mass is 9.95. The van der Waals surface area contributed by atoms with Crippen LogP contribution in [0.1, 0.15) is 41.6 Å². The van der Waals surface area contributed by atoms with Gasteiger partial charge in [0.2, 0.25) is 5.91 Å². The van der Waals surface area contributed by atoms with E-state index in [1.807, 2.05) is 37.3 Å². The van der Waals surface area contributed by atoms with Crippen LogP contribution in [0.4, 0.5) is 10.9 Å². The first kappa shape index (κ1) is 21.0. The molecule has 0 spiro atoms. The Morgan fingerprint density at radius 3 is 2.79 bits per heavy atom. The standard InChI is InChI=1S/C19H28N6OS2/c1-12-10-16(24-19-21-11-13(2)28-19)23-17(22-12)14-4-7-25(8-5-14)18(26)15(20)6-9-27-3/h10-11,14-15H,4-9,20H2,1-3H3,(H,21,22,23,24). The number of piperidine rings is 1. The number of thioether (sulfide) groups is 1. The van der Waals surface area contributed by atoms with Crippen LogP contribution in [-0.2, 0) is 4.79 Å². The first-order chi connectivity index (χ1) is 13.5. The number of nitrogens with zero attached hydrogens (tertiary/aromatic N) is 4. The highest BCUT2D eigenvalue weighted by molar-refractivity contribution is 7.98. The Kier molecular flexibility index (Phi) is 7.25. The van der Waals surface area contributed by atoms with E-state index in [4.69, 9.17) is 10.7 Å². The molecule has 1 amide bonds. The molecule has 1 unspecified atom stereocenters. The van der Waals surface area contributed by atoms with Crippen molar-refractivity contribution in [3.8, 4) is 0 Å². The van der Waals surface area contributed by atoms with Crippen molar-refractivity contribution >= 4 is 40.0 Å². The van der Waals surface area contributed by atoms with E-state index >= 15 is 0 Å². The Morgan fingerprint density at radius 2 is 2.14 bits per heavy atom. The molecule has 1 atom stereocenters. The van der Waals surface area contributed by atoms with Gasteiger partial charge in [0.1, 0.15) is 11.6 Å². The number of anilines is 2. The Bertz CT molecular complexity index is 803. The molecule has 3 rings (SSSR count). The summed E-state index contributed by atoms with van der Waals surface area (Å²) < 4.78 is 0. The van der Waals surface area contributed by atoms with E-state index in [2.05, 4.69) is 15.3 Å². The molecule has 1 aliphatic heterocycles. The van der Waals surface area contributed by atoms with Gasteiger partial charge in [-0.25, -0.2) is 15.0 Å². The van der Waals surface area contributed by atoms with E-state index in [9.17, 15) is 4.79 Å². The quantitative estimate of drug-likeness (QED) is 0.710. The summed E-state index contributed by atoms with van der Waals surface area (Å²) in [7, 11) is 0. The van der Waals surface area contributed by atoms with Crippen molar-refractivity contribution in [3.63, 3.8) is 0 Å². The minimum atomic E-state index is -0.392. The fraction of sp³-hybridized carbons (Fsp3) is 0.579. The zero-order chi connectivity index (χ0) is 20.1. The van der Waals surface area contributed by atoms with E-state index < -0.39 is 6.04 Å². The summed E-state index contributed by atoms with van der Waals surface area (Å²) in [6.45, 7) is 5.43. The second kappa shape index (κ2) is 9.67. The Morgan fingerprint density at radius 1 is 1.39 bits per heavy atom. The summed E-state index contributed by atoms with van der Waals surface area (Å²) >= 11 is 3.32. The van der Waals surface area contributed by atoms with E-state index in [0.717, 1.165) is 52.4 Å². The number of aryl methyl sites for hydroxylation is 2. The highest BCUT2D eigenvalue weighted by atomic mass is 32.2. The molecule has 0 aromatic carbocycles. The Balaban J connectivity index is 1.61. The molecule has 1 fully saturated rings. The summed E-state index contributed by atoms with van der Waals surface area (Å²) in [5, 5.41) is 4.11. The SMILES string of the molecule is CSCCC(N)C(=O)N1CCC(c2nc(C)cc(Nc3ncc(C)s3)n2)CC1. The van der Waals surface area contributed by atoms with E-state index in [-0.39, 0.29) is 11.8 Å². The number of rotatable bonds is 7. The Hall–Kier alpha value is -1.71. The maximum Gasteiger partial charge on any atom is 0.239 e. The summed E-state index contributed by atoms with van der Waals surface area (Å²) in [5.74, 6) is 2.85. The van der Waals surface area contributed by atoms with Crippen LogP contribution in [0.2, 0.25) is 0 Å². The molecule has 9 heteroatoms. The second-order valence-corrected chi connectivity index (χ2v) is 9.36. The molecule has 0 radical (unpaired) electrons. The summed E-state index contributed by atoms with van der Waals surface area (Å²) in [5.41, 5.74) is 6.98. The van der Waals surface area contributed by atoms with Crippen LogP contribution in [0.3, 0.4) is 0 Å². The fourth-order valence-corrected chi connectivity index (χ4v) is 4.48. The van der Waals surface area contributed by atoms with Crippen LogP contribution in [0.5, 0.6) is 0 Å². The lowest BCUT2D eigenvalue weighted by molar-refractivity contribution is -0.133. The average molecular weight is 421 g/mol. The van der Waals surface area contributed by atoms with Gasteiger partial charge in [-0.05, 0) is 45.1 Å². The van der Waals surface area contributed by atoms with Crippen LogP contribution in [0.25, 0.3) is 0 Å². The second-order valence-electron chi connectivity index (χ2n) is 7.14. The maximum absolute atomic E-state index is 12.5. The molecule has 2 aromatic heterocycles. The van der Waals surface area contributed by atoms with Crippen molar-refractivity contribution < 1.29 is 4.79 Å². The maximum atomic E-state index is 12.5. The molecule has 2 aromatic rings. The number of carbonyl (C=O) groups is 1. The van der Waals surface area contributed by atoms with Crippen molar-refractivity contribution in [1.82, 2.24) is 19.9 Å². The lowest BCUT2D eigenvalue weighted by Gasteiger charge is -2.33. The molecule has 7 nitrogen and oxygen atoms in total. The van der Waals surface area contributed by atoms with E-state index in [0.29, 0.717) is 13.1 Å². The van der Waals surface area contributed by atoms with Gasteiger partial charge < -0.3 is 16.0 Å². The third-order valence-electron chi connectivity index (χ3n) is 4.85. The topological polar surface area (TPSA) is 97.0 Å². The molecule has 3 N–H and O–H groups in total. The van der Waals surface area contributed by atoms with Gasteiger partial charge in [0.25, 0.3) is 0 Å². The van der Waals surface area contributed by atoms with E-state index in [1.54, 1.807) is 23.1 Å². The number of likely N-dealkylation sites (tertiary alicyclic amines) is 1. The number of amides is 1. The molecule has 0 bridgehead atoms. The molecule has 152 valence electrons. The molecule has 1 saturated heterocycles. The number of carbonyl (C=O) groups excluding carboxylic acids is 1. The predicted molar refractivity (Wildman–Crippen MR) is 116 cm³/mol. The van der Waals surface area contributed by atoms with Gasteiger partial charge in [-0.3, -0.25) is 4.79 Å². The summed E-state index contributed by atoms with van der Waals surface area (Å²) in [6, 6.07) is 1.54. The first-order valence-electron chi connectivity index (χ1n) is 9.54. The van der Waals surface area contributed by atoms with Gasteiger partial charge in [0.15, 0.2) is 5.13 Å². The van der Waals surface area contributed by atoms with Crippen molar-refractivity contribution in [2.24, 2.45) is 5.73 Å². The van der Waals surface area contributed by atoms with Crippen LogP contribution < -0.4 is 11.1 Å². The van der Waals surface area contributed by atoms with Gasteiger partial charge in [-0.2, -0.15) is 11.8 Å². The smallest absolute Gasteiger partial charge is 0.239 e. The minimum absolute atomic E-state index is 0.0687. The number of nitrogens with one attached hydrogen (secondary N) is 1. The monoisotopic (exact) mass is 420 g/mol. The van der Waals surface area contributed by atoms with Gasteiger partial charge in [-0.1, -0.05) is 0 Å². The number of nitrogens with two attached hydrogens (primary N) is 1. The number of hydrogen-bond donors (Lipinski definition) is 2. The molecular weight excluding hydrogens is 392 g/mol. The summed E-state index contributed by atoms with van der Waals surface area (Å²) in [4.78, 5) is 29.3. The molecule has 3 heterocycles. The van der Waals surface area contributed by atoms with Gasteiger partial charge in [-0.15, -0.1) is 11.3 Å². The zero-order valence-corrected chi connectivity index (χ0v) is 18.3. The van der Waals surface area contributed by atoms with Gasteiger partial charge in [0.05, 0.1) is 6.04 Å². The first-order valence-corrected chi connectivity index (χ1v) is 11.8. The molecular formula is C19H28N6OS2. The highest BCUT2D eigenvalue weighted by Crippen LogP contribution is 2.28. The van der Waals surface area contributed by atoms with Crippen molar-refractivity contribution in [1.29, 1.82) is 0 Å². The average Bonchev–Trinajstić information content (AvgIpc) is 3.09. The van der Waals surface area contributed by atoms with Crippen LogP contribution in [0, 0.1) is 13.8 Å². The Labute approximate surface area is 174 Å². The zero-order valence-electron chi connectivity index (χ0n) is 16.6. The molecule has 0 saturated carbocycles. The van der Waals surface area contributed by atoms with E-state index in [1.165, 1.54) is 0 Å². The number of thiazole rings is 1. The van der Waals surface area contributed by atoms with Crippen molar-refractivity contribution in [2.75, 3.05) is 30.4 Å². The predicted octanol–water partition coefficient (Wildman–Crippen LogP) is 3.08. The van der Waals surface area contributed by atoms with Crippen LogP contribution in [0.15, 0.2) is 12.3 Å². The molecule has 28 heavy (non-hydrogen) atoms. The van der Waals surface area contributed by atoms with Crippen molar-refractivity contribution in [2.45, 2.75) is 45.1 Å².